The molecule has 30 heavy (non-hydrogen) atoms. The van der Waals surface area contributed by atoms with Gasteiger partial charge in [-0.3, -0.25) is 14.5 Å². The molecule has 1 unspecified atom stereocenters. The number of carbonyl (C=O) groups excluding carboxylic acids is 2. The Kier molecular flexibility index (Phi) is 6.37. The Balaban J connectivity index is 1.26. The van der Waals surface area contributed by atoms with E-state index >= 15 is 0 Å². The highest BCUT2D eigenvalue weighted by molar-refractivity contribution is 5.79. The fourth-order valence-corrected chi connectivity index (χ4v) is 4.04. The summed E-state index contributed by atoms with van der Waals surface area (Å²) in [6.07, 6.45) is 3.28. The molecule has 4 rings (SSSR count). The van der Waals surface area contributed by atoms with Crippen LogP contribution in [0.25, 0.3) is 11.4 Å². The van der Waals surface area contributed by atoms with Crippen LogP contribution in [-0.4, -0.2) is 64.5 Å². The van der Waals surface area contributed by atoms with Crippen molar-refractivity contribution in [1.29, 1.82) is 0 Å². The first kappa shape index (κ1) is 20.5. The lowest BCUT2D eigenvalue weighted by Crippen LogP contribution is -2.44. The van der Waals surface area contributed by atoms with Crippen molar-refractivity contribution >= 4 is 11.8 Å². The highest BCUT2D eigenvalue weighted by Gasteiger charge is 2.27. The SMILES string of the molecule is O=C(NCCN1CCCC1=O)C1CCCN(Cc2nc(-c3ccc(F)cc3)no2)C1. The second-order valence-electron chi connectivity index (χ2n) is 7.87. The lowest BCUT2D eigenvalue weighted by Gasteiger charge is -2.31. The van der Waals surface area contributed by atoms with Crippen molar-refractivity contribution in [2.24, 2.45) is 5.92 Å². The standard InChI is InChI=1S/C21H26FN5O3/c22-17-7-5-15(6-8-17)20-24-18(30-25-20)14-26-10-1-3-16(13-26)21(29)23-9-12-27-11-2-4-19(27)28/h5-8,16H,1-4,9-14H2,(H,23,29). The Morgan fingerprint density at radius 3 is 2.83 bits per heavy atom. The second-order valence-corrected chi connectivity index (χ2v) is 7.87. The maximum atomic E-state index is 13.1. The predicted molar refractivity (Wildman–Crippen MR) is 107 cm³/mol. The minimum atomic E-state index is -0.313. The molecule has 2 fully saturated rings. The molecular formula is C21H26FN5O3. The van der Waals surface area contributed by atoms with Crippen molar-refractivity contribution in [3.05, 3.63) is 36.0 Å². The number of likely N-dealkylation sites (tertiary alicyclic amines) is 2. The summed E-state index contributed by atoms with van der Waals surface area (Å²) in [4.78, 5) is 32.5. The fraction of sp³-hybridized carbons (Fsp3) is 0.524. The molecule has 1 N–H and O–H groups in total. The van der Waals surface area contributed by atoms with Crippen LogP contribution in [0.3, 0.4) is 0 Å². The van der Waals surface area contributed by atoms with Crippen LogP contribution >= 0.6 is 0 Å². The molecule has 0 aliphatic carbocycles. The molecule has 160 valence electrons. The van der Waals surface area contributed by atoms with Crippen molar-refractivity contribution in [3.8, 4) is 11.4 Å². The number of nitrogens with one attached hydrogen (secondary N) is 1. The normalized spacial score (nSPS) is 20.0. The van der Waals surface area contributed by atoms with Crippen LogP contribution in [0.15, 0.2) is 28.8 Å². The average Bonchev–Trinajstić information content (AvgIpc) is 3.38. The van der Waals surface area contributed by atoms with Gasteiger partial charge in [0, 0.05) is 38.2 Å². The molecule has 0 spiro atoms. The van der Waals surface area contributed by atoms with E-state index in [1.165, 1.54) is 12.1 Å². The van der Waals surface area contributed by atoms with Crippen molar-refractivity contribution in [3.63, 3.8) is 0 Å². The van der Waals surface area contributed by atoms with Crippen molar-refractivity contribution in [1.82, 2.24) is 25.3 Å². The minimum absolute atomic E-state index is 0.0314. The highest BCUT2D eigenvalue weighted by Crippen LogP contribution is 2.20. The molecule has 3 heterocycles. The van der Waals surface area contributed by atoms with E-state index in [-0.39, 0.29) is 23.5 Å². The average molecular weight is 415 g/mol. The van der Waals surface area contributed by atoms with Crippen LogP contribution in [0.5, 0.6) is 0 Å². The van der Waals surface area contributed by atoms with Gasteiger partial charge in [0.15, 0.2) is 0 Å². The van der Waals surface area contributed by atoms with E-state index in [0.29, 0.717) is 49.9 Å². The summed E-state index contributed by atoms with van der Waals surface area (Å²) in [6.45, 7) is 3.82. The zero-order valence-electron chi connectivity index (χ0n) is 16.8. The molecule has 1 atom stereocenters. The van der Waals surface area contributed by atoms with Crippen molar-refractivity contribution in [2.45, 2.75) is 32.2 Å². The second kappa shape index (κ2) is 9.34. The van der Waals surface area contributed by atoms with Gasteiger partial charge in [0.05, 0.1) is 12.5 Å². The first-order chi connectivity index (χ1) is 14.6. The van der Waals surface area contributed by atoms with Gasteiger partial charge in [-0.2, -0.15) is 4.98 Å². The third kappa shape index (κ3) is 5.02. The van der Waals surface area contributed by atoms with Gasteiger partial charge in [-0.15, -0.1) is 0 Å². The third-order valence-corrected chi connectivity index (χ3v) is 5.66. The van der Waals surface area contributed by atoms with E-state index < -0.39 is 0 Å². The smallest absolute Gasteiger partial charge is 0.241 e. The van der Waals surface area contributed by atoms with Gasteiger partial charge >= 0.3 is 0 Å². The van der Waals surface area contributed by atoms with Crippen LogP contribution in [0.1, 0.15) is 31.6 Å². The highest BCUT2D eigenvalue weighted by atomic mass is 19.1. The lowest BCUT2D eigenvalue weighted by atomic mass is 9.97. The summed E-state index contributed by atoms with van der Waals surface area (Å²) in [7, 11) is 0. The van der Waals surface area contributed by atoms with Crippen LogP contribution in [0.4, 0.5) is 4.39 Å². The van der Waals surface area contributed by atoms with Crippen molar-refractivity contribution in [2.75, 3.05) is 32.7 Å². The molecule has 1 aromatic carbocycles. The predicted octanol–water partition coefficient (Wildman–Crippen LogP) is 1.83. The van der Waals surface area contributed by atoms with Gasteiger partial charge in [0.1, 0.15) is 5.82 Å². The molecule has 0 radical (unpaired) electrons. The van der Waals surface area contributed by atoms with Crippen LogP contribution in [-0.2, 0) is 16.1 Å². The Labute approximate surface area is 174 Å². The quantitative estimate of drug-likeness (QED) is 0.742. The molecule has 9 heteroatoms. The molecule has 2 saturated heterocycles. The number of amides is 2. The Hall–Kier alpha value is -2.81. The summed E-state index contributed by atoms with van der Waals surface area (Å²) in [5.41, 5.74) is 0.693. The summed E-state index contributed by atoms with van der Waals surface area (Å²) in [5, 5.41) is 6.95. The topological polar surface area (TPSA) is 91.6 Å². The molecule has 1 aromatic heterocycles. The van der Waals surface area contributed by atoms with Gasteiger partial charge in [-0.05, 0) is 50.1 Å². The summed E-state index contributed by atoms with van der Waals surface area (Å²) < 4.78 is 18.4. The monoisotopic (exact) mass is 415 g/mol. The maximum Gasteiger partial charge on any atom is 0.241 e. The number of piperidine rings is 1. The van der Waals surface area contributed by atoms with E-state index in [2.05, 4.69) is 20.4 Å². The third-order valence-electron chi connectivity index (χ3n) is 5.66. The summed E-state index contributed by atoms with van der Waals surface area (Å²) in [6, 6.07) is 5.94. The largest absolute Gasteiger partial charge is 0.354 e. The van der Waals surface area contributed by atoms with Gasteiger partial charge in [0.25, 0.3) is 0 Å². The zero-order chi connectivity index (χ0) is 20.9. The molecule has 8 nitrogen and oxygen atoms in total. The lowest BCUT2D eigenvalue weighted by molar-refractivity contribution is -0.129. The fourth-order valence-electron chi connectivity index (χ4n) is 4.04. The molecular weight excluding hydrogens is 389 g/mol. The van der Waals surface area contributed by atoms with E-state index in [4.69, 9.17) is 4.52 Å². The van der Waals surface area contributed by atoms with Gasteiger partial charge < -0.3 is 14.7 Å². The van der Waals surface area contributed by atoms with Gasteiger partial charge in [-0.1, -0.05) is 5.16 Å². The molecule has 0 bridgehead atoms. The molecule has 2 aliphatic rings. The molecule has 2 aromatic rings. The summed E-state index contributed by atoms with van der Waals surface area (Å²) in [5.74, 6) is 0.701. The molecule has 0 saturated carbocycles. The van der Waals surface area contributed by atoms with Crippen LogP contribution in [0.2, 0.25) is 0 Å². The first-order valence-electron chi connectivity index (χ1n) is 10.4. The van der Waals surface area contributed by atoms with Crippen molar-refractivity contribution < 1.29 is 18.5 Å². The Morgan fingerprint density at radius 1 is 1.23 bits per heavy atom. The van der Waals surface area contributed by atoms with E-state index in [9.17, 15) is 14.0 Å². The van der Waals surface area contributed by atoms with Gasteiger partial charge in [0.2, 0.25) is 23.5 Å². The number of hydrogen-bond donors (Lipinski definition) is 1. The number of aromatic nitrogens is 2. The van der Waals surface area contributed by atoms with Crippen LogP contribution in [0, 0.1) is 11.7 Å². The Morgan fingerprint density at radius 2 is 2.07 bits per heavy atom. The van der Waals surface area contributed by atoms with E-state index in [1.807, 2.05) is 4.90 Å². The minimum Gasteiger partial charge on any atom is -0.354 e. The number of carbonyl (C=O) groups is 2. The number of hydrogen-bond acceptors (Lipinski definition) is 6. The maximum absolute atomic E-state index is 13.1. The molecule has 2 amide bonds. The summed E-state index contributed by atoms with van der Waals surface area (Å²) >= 11 is 0. The number of nitrogens with zero attached hydrogens (tertiary/aromatic N) is 4. The number of rotatable bonds is 7. The number of benzene rings is 1. The number of halogens is 1. The van der Waals surface area contributed by atoms with E-state index in [0.717, 1.165) is 32.4 Å². The van der Waals surface area contributed by atoms with E-state index in [1.54, 1.807) is 12.1 Å². The molecule has 2 aliphatic heterocycles. The van der Waals surface area contributed by atoms with Crippen LogP contribution < -0.4 is 5.32 Å². The van der Waals surface area contributed by atoms with Gasteiger partial charge in [-0.25, -0.2) is 4.39 Å². The zero-order valence-corrected chi connectivity index (χ0v) is 16.8. The first-order valence-corrected chi connectivity index (χ1v) is 10.4. The Bertz CT molecular complexity index is 885.